The van der Waals surface area contributed by atoms with Crippen LogP contribution in [0.4, 0.5) is 0 Å². The van der Waals surface area contributed by atoms with Gasteiger partial charge in [0.2, 0.25) is 0 Å². The molecule has 0 amide bonds. The Hall–Kier alpha value is -1.63. The fraction of sp³-hybridized carbons (Fsp3) is 0.444. The van der Waals surface area contributed by atoms with Gasteiger partial charge in [-0.05, 0) is 26.0 Å². The number of aryl methyl sites for hydroxylation is 2. The van der Waals surface area contributed by atoms with E-state index in [1.165, 1.54) is 6.04 Å². The van der Waals surface area contributed by atoms with Gasteiger partial charge in [-0.25, -0.2) is 4.98 Å². The largest absolute Gasteiger partial charge is 0.385 e. The number of H-pyrrole nitrogens is 1. The molecule has 1 N–H and O–H groups in total. The highest BCUT2D eigenvalue weighted by molar-refractivity contribution is 6.76. The van der Waals surface area contributed by atoms with E-state index in [-0.39, 0.29) is 0 Å². The first kappa shape index (κ1) is 19.7. The summed E-state index contributed by atoms with van der Waals surface area (Å²) in [6.45, 7) is 11.8. The standard InChI is InChI=1S/C12H10ClN3O.C6H16OSi/c1-6-10(7(2)17-16-6)8-5-15-12-11(8)9(13)3-4-14-12;1-7-5-6-8(2,3)4/h3-5H,1-2H3,(H,14,15);5-6H2,1-4H3. The van der Waals surface area contributed by atoms with Crippen molar-refractivity contribution in [1.82, 2.24) is 15.1 Å². The van der Waals surface area contributed by atoms with Crippen molar-refractivity contribution >= 4 is 30.7 Å². The number of nitrogens with one attached hydrogen (secondary N) is 1. The van der Waals surface area contributed by atoms with Crippen molar-refractivity contribution in [2.45, 2.75) is 39.5 Å². The van der Waals surface area contributed by atoms with Crippen LogP contribution in [-0.2, 0) is 4.74 Å². The van der Waals surface area contributed by atoms with Gasteiger partial charge in [0.15, 0.2) is 0 Å². The number of aromatic amines is 1. The van der Waals surface area contributed by atoms with Gasteiger partial charge in [-0.2, -0.15) is 0 Å². The summed E-state index contributed by atoms with van der Waals surface area (Å²) < 4.78 is 10.1. The number of hydrogen-bond donors (Lipinski definition) is 1. The van der Waals surface area contributed by atoms with Crippen molar-refractivity contribution in [1.29, 1.82) is 0 Å². The van der Waals surface area contributed by atoms with Crippen LogP contribution in [0.1, 0.15) is 11.5 Å². The molecular formula is C18H26ClN3O2Si. The molecule has 0 aliphatic carbocycles. The van der Waals surface area contributed by atoms with Gasteiger partial charge in [-0.15, -0.1) is 0 Å². The molecule has 0 fully saturated rings. The minimum atomic E-state index is -0.803. The topological polar surface area (TPSA) is 63.9 Å². The van der Waals surface area contributed by atoms with Crippen LogP contribution in [0, 0.1) is 13.8 Å². The Balaban J connectivity index is 0.000000242. The molecule has 0 bridgehead atoms. The van der Waals surface area contributed by atoms with Crippen molar-refractivity contribution in [3.05, 3.63) is 34.9 Å². The Bertz CT molecular complexity index is 817. The van der Waals surface area contributed by atoms with E-state index in [0.29, 0.717) is 5.02 Å². The molecule has 0 spiro atoms. The van der Waals surface area contributed by atoms with E-state index in [1.807, 2.05) is 20.0 Å². The van der Waals surface area contributed by atoms with E-state index in [9.17, 15) is 0 Å². The Morgan fingerprint density at radius 2 is 2.00 bits per heavy atom. The summed E-state index contributed by atoms with van der Waals surface area (Å²) in [5.41, 5.74) is 3.58. The molecule has 0 radical (unpaired) electrons. The van der Waals surface area contributed by atoms with Gasteiger partial charge in [0, 0.05) is 50.7 Å². The maximum atomic E-state index is 6.21. The molecule has 0 saturated heterocycles. The molecule has 0 unspecified atom stereocenters. The molecule has 25 heavy (non-hydrogen) atoms. The second kappa shape index (κ2) is 8.16. The van der Waals surface area contributed by atoms with Crippen LogP contribution >= 0.6 is 11.6 Å². The quantitative estimate of drug-likeness (QED) is 0.611. The number of halogens is 1. The molecule has 0 atom stereocenters. The summed E-state index contributed by atoms with van der Waals surface area (Å²) in [6, 6.07) is 3.06. The van der Waals surface area contributed by atoms with E-state index >= 15 is 0 Å². The zero-order valence-corrected chi connectivity index (χ0v) is 17.5. The minimum absolute atomic E-state index is 0.672. The maximum absolute atomic E-state index is 6.21. The number of rotatable bonds is 4. The number of hydrogen-bond acceptors (Lipinski definition) is 4. The molecule has 136 valence electrons. The number of methoxy groups -OCH3 is 1. The second-order valence-electron chi connectivity index (χ2n) is 7.22. The molecule has 3 rings (SSSR count). The van der Waals surface area contributed by atoms with Crippen molar-refractivity contribution < 1.29 is 9.26 Å². The lowest BCUT2D eigenvalue weighted by Crippen LogP contribution is -2.21. The summed E-state index contributed by atoms with van der Waals surface area (Å²) in [7, 11) is 0.961. The summed E-state index contributed by atoms with van der Waals surface area (Å²) in [6.07, 6.45) is 3.56. The van der Waals surface area contributed by atoms with Gasteiger partial charge >= 0.3 is 0 Å². The van der Waals surface area contributed by atoms with E-state index in [1.54, 1.807) is 19.4 Å². The molecule has 0 aliphatic heterocycles. The normalized spacial score (nSPS) is 11.5. The summed E-state index contributed by atoms with van der Waals surface area (Å²) >= 11 is 6.21. The van der Waals surface area contributed by atoms with Gasteiger partial charge in [-0.3, -0.25) is 0 Å². The Morgan fingerprint density at radius 3 is 2.52 bits per heavy atom. The van der Waals surface area contributed by atoms with Crippen molar-refractivity contribution in [2.75, 3.05) is 13.7 Å². The average molecular weight is 380 g/mol. The SMILES string of the molecule is COCC[Si](C)(C)C.Cc1noc(C)c1-c1c[nH]c2nccc(Cl)c12. The summed E-state index contributed by atoms with van der Waals surface area (Å²) in [5, 5.41) is 5.53. The lowest BCUT2D eigenvalue weighted by molar-refractivity contribution is 0.214. The molecule has 0 saturated carbocycles. The Kier molecular flexibility index (Phi) is 6.43. The lowest BCUT2D eigenvalue weighted by atomic mass is 10.0. The maximum Gasteiger partial charge on any atom is 0.141 e. The highest BCUT2D eigenvalue weighted by Gasteiger charge is 2.17. The van der Waals surface area contributed by atoms with Crippen molar-refractivity contribution in [2.24, 2.45) is 0 Å². The molecular weight excluding hydrogens is 354 g/mol. The fourth-order valence-corrected chi connectivity index (χ4v) is 3.55. The molecule has 3 heterocycles. The highest BCUT2D eigenvalue weighted by Crippen LogP contribution is 2.35. The number of nitrogens with zero attached hydrogens (tertiary/aromatic N) is 2. The molecule has 7 heteroatoms. The van der Waals surface area contributed by atoms with Crippen molar-refractivity contribution in [3.8, 4) is 11.1 Å². The smallest absolute Gasteiger partial charge is 0.141 e. The van der Waals surface area contributed by atoms with Gasteiger partial charge < -0.3 is 14.2 Å². The van der Waals surface area contributed by atoms with Crippen LogP contribution in [0.2, 0.25) is 30.7 Å². The number of fused-ring (bicyclic) bond motifs is 1. The third-order valence-electron chi connectivity index (χ3n) is 3.88. The molecule has 3 aromatic rings. The zero-order valence-electron chi connectivity index (χ0n) is 15.7. The third-order valence-corrected chi connectivity index (χ3v) is 5.90. The van der Waals surface area contributed by atoms with E-state index in [0.717, 1.165) is 40.2 Å². The average Bonchev–Trinajstić information content (AvgIpc) is 3.09. The van der Waals surface area contributed by atoms with Crippen LogP contribution in [0.15, 0.2) is 23.0 Å². The van der Waals surface area contributed by atoms with Gasteiger partial charge in [0.1, 0.15) is 11.4 Å². The molecule has 0 aliphatic rings. The molecule has 0 aromatic carbocycles. The van der Waals surface area contributed by atoms with E-state index in [2.05, 4.69) is 34.8 Å². The summed E-state index contributed by atoms with van der Waals surface area (Å²) in [4.78, 5) is 7.35. The van der Waals surface area contributed by atoms with Gasteiger partial charge in [-0.1, -0.05) is 36.4 Å². The van der Waals surface area contributed by atoms with Crippen LogP contribution in [0.25, 0.3) is 22.2 Å². The second-order valence-corrected chi connectivity index (χ2v) is 13.2. The summed E-state index contributed by atoms with van der Waals surface area (Å²) in [5.74, 6) is 0.781. The third kappa shape index (κ3) is 4.93. The monoisotopic (exact) mass is 379 g/mol. The van der Waals surface area contributed by atoms with E-state index in [4.69, 9.17) is 20.9 Å². The zero-order chi connectivity index (χ0) is 18.6. The Labute approximate surface area is 154 Å². The molecule has 5 nitrogen and oxygen atoms in total. The van der Waals surface area contributed by atoms with Gasteiger partial charge in [0.05, 0.1) is 10.7 Å². The lowest BCUT2D eigenvalue weighted by Gasteiger charge is -2.13. The first-order chi connectivity index (χ1) is 11.7. The Morgan fingerprint density at radius 1 is 1.28 bits per heavy atom. The first-order valence-corrected chi connectivity index (χ1v) is 12.4. The van der Waals surface area contributed by atoms with Crippen LogP contribution in [0.3, 0.4) is 0 Å². The number of ether oxygens (including phenoxy) is 1. The number of pyridine rings is 1. The molecule has 3 aromatic heterocycles. The van der Waals surface area contributed by atoms with Crippen LogP contribution in [0.5, 0.6) is 0 Å². The van der Waals surface area contributed by atoms with Crippen molar-refractivity contribution in [3.63, 3.8) is 0 Å². The van der Waals surface area contributed by atoms with E-state index < -0.39 is 8.07 Å². The number of aromatic nitrogens is 3. The predicted molar refractivity (Wildman–Crippen MR) is 106 cm³/mol. The van der Waals surface area contributed by atoms with Crippen LogP contribution < -0.4 is 0 Å². The minimum Gasteiger partial charge on any atom is -0.385 e. The predicted octanol–water partition coefficient (Wildman–Crippen LogP) is 5.46. The highest BCUT2D eigenvalue weighted by atomic mass is 35.5. The van der Waals surface area contributed by atoms with Crippen LogP contribution in [-0.4, -0.2) is 36.9 Å². The fourth-order valence-electron chi connectivity index (χ4n) is 2.49. The van der Waals surface area contributed by atoms with Gasteiger partial charge in [0.25, 0.3) is 0 Å². The first-order valence-electron chi connectivity index (χ1n) is 8.28.